The zero-order valence-electron chi connectivity index (χ0n) is 16.7. The van der Waals surface area contributed by atoms with Crippen LogP contribution in [0.3, 0.4) is 0 Å². The SMILES string of the molecule is CC(=O)NC(C(=O)N1CCN(S(=O)(=O)c2cc(C)ccc2C)CC1)C(C)C. The van der Waals surface area contributed by atoms with Crippen molar-refractivity contribution < 1.29 is 18.0 Å². The zero-order valence-corrected chi connectivity index (χ0v) is 17.5. The summed E-state index contributed by atoms with van der Waals surface area (Å²) in [6.07, 6.45) is 0. The molecule has 0 saturated carbocycles. The monoisotopic (exact) mass is 395 g/mol. The summed E-state index contributed by atoms with van der Waals surface area (Å²) >= 11 is 0. The standard InChI is InChI=1S/C19H29N3O4S/c1-13(2)18(20-16(5)23)19(24)21-8-10-22(11-9-21)27(25,26)17-12-14(3)6-7-15(17)4/h6-7,12-13,18H,8-11H2,1-5H3,(H,20,23). The molecule has 1 fully saturated rings. The fourth-order valence-corrected chi connectivity index (χ4v) is 4.93. The number of nitrogens with zero attached hydrogens (tertiary/aromatic N) is 2. The van der Waals surface area contributed by atoms with E-state index in [4.69, 9.17) is 0 Å². The predicted molar refractivity (Wildman–Crippen MR) is 104 cm³/mol. The van der Waals surface area contributed by atoms with Crippen LogP contribution in [0.2, 0.25) is 0 Å². The van der Waals surface area contributed by atoms with Gasteiger partial charge in [-0.2, -0.15) is 4.31 Å². The minimum Gasteiger partial charge on any atom is -0.344 e. The second kappa shape index (κ2) is 8.39. The van der Waals surface area contributed by atoms with Crippen LogP contribution in [0.5, 0.6) is 0 Å². The van der Waals surface area contributed by atoms with E-state index in [1.807, 2.05) is 32.9 Å². The second-order valence-electron chi connectivity index (χ2n) is 7.42. The highest BCUT2D eigenvalue weighted by molar-refractivity contribution is 7.89. The molecule has 0 spiro atoms. The Morgan fingerprint density at radius 3 is 2.19 bits per heavy atom. The number of hydrogen-bond donors (Lipinski definition) is 1. The normalized spacial score (nSPS) is 17.0. The first-order valence-electron chi connectivity index (χ1n) is 9.17. The van der Waals surface area contributed by atoms with Crippen molar-refractivity contribution in [3.05, 3.63) is 29.3 Å². The van der Waals surface area contributed by atoms with Gasteiger partial charge >= 0.3 is 0 Å². The molecule has 0 aliphatic carbocycles. The number of carbonyl (C=O) groups excluding carboxylic acids is 2. The number of amides is 2. The lowest BCUT2D eigenvalue weighted by Gasteiger charge is -2.36. The molecule has 27 heavy (non-hydrogen) atoms. The van der Waals surface area contributed by atoms with E-state index in [1.54, 1.807) is 17.9 Å². The molecule has 1 heterocycles. The molecule has 0 bridgehead atoms. The van der Waals surface area contributed by atoms with Gasteiger partial charge in [0.1, 0.15) is 6.04 Å². The van der Waals surface area contributed by atoms with Gasteiger partial charge in [-0.15, -0.1) is 0 Å². The topological polar surface area (TPSA) is 86.8 Å². The third-order valence-electron chi connectivity index (χ3n) is 4.80. The summed E-state index contributed by atoms with van der Waals surface area (Å²) in [5.74, 6) is -0.458. The third-order valence-corrected chi connectivity index (χ3v) is 6.84. The molecule has 1 saturated heterocycles. The number of piperazine rings is 1. The summed E-state index contributed by atoms with van der Waals surface area (Å²) in [4.78, 5) is 26.1. The van der Waals surface area contributed by atoms with Crippen LogP contribution in [-0.4, -0.2) is 61.7 Å². The van der Waals surface area contributed by atoms with Crippen LogP contribution in [0.15, 0.2) is 23.1 Å². The van der Waals surface area contributed by atoms with Gasteiger partial charge in [-0.25, -0.2) is 8.42 Å². The lowest BCUT2D eigenvalue weighted by Crippen LogP contribution is -2.56. The number of sulfonamides is 1. The number of benzene rings is 1. The van der Waals surface area contributed by atoms with E-state index in [2.05, 4.69) is 5.32 Å². The van der Waals surface area contributed by atoms with Crippen molar-refractivity contribution in [2.24, 2.45) is 5.92 Å². The van der Waals surface area contributed by atoms with Gasteiger partial charge in [0.25, 0.3) is 0 Å². The van der Waals surface area contributed by atoms with Gasteiger partial charge in [0.2, 0.25) is 21.8 Å². The van der Waals surface area contributed by atoms with Crippen molar-refractivity contribution in [2.75, 3.05) is 26.2 Å². The van der Waals surface area contributed by atoms with Crippen LogP contribution in [0.25, 0.3) is 0 Å². The molecule has 2 rings (SSSR count). The third kappa shape index (κ3) is 4.87. The first kappa shape index (κ1) is 21.4. The molecule has 7 nitrogen and oxygen atoms in total. The lowest BCUT2D eigenvalue weighted by molar-refractivity contribution is -0.138. The molecule has 1 unspecified atom stereocenters. The van der Waals surface area contributed by atoms with Crippen molar-refractivity contribution in [3.63, 3.8) is 0 Å². The summed E-state index contributed by atoms with van der Waals surface area (Å²) in [5, 5.41) is 2.70. The van der Waals surface area contributed by atoms with Gasteiger partial charge in [0, 0.05) is 33.1 Å². The van der Waals surface area contributed by atoms with Crippen LogP contribution in [0.1, 0.15) is 31.9 Å². The fourth-order valence-electron chi connectivity index (χ4n) is 3.20. The largest absolute Gasteiger partial charge is 0.344 e. The minimum atomic E-state index is -3.59. The maximum absolute atomic E-state index is 13.0. The Bertz CT molecular complexity index is 812. The van der Waals surface area contributed by atoms with Crippen molar-refractivity contribution >= 4 is 21.8 Å². The van der Waals surface area contributed by atoms with Gasteiger partial charge in [0.05, 0.1) is 4.90 Å². The quantitative estimate of drug-likeness (QED) is 0.814. The van der Waals surface area contributed by atoms with Crippen molar-refractivity contribution in [3.8, 4) is 0 Å². The smallest absolute Gasteiger partial charge is 0.245 e. The van der Waals surface area contributed by atoms with Crippen LogP contribution < -0.4 is 5.32 Å². The Kier molecular flexibility index (Phi) is 6.64. The highest BCUT2D eigenvalue weighted by Crippen LogP contribution is 2.22. The Labute approximate surface area is 161 Å². The molecule has 1 aromatic rings. The van der Waals surface area contributed by atoms with E-state index in [0.29, 0.717) is 23.5 Å². The molecule has 1 aromatic carbocycles. The van der Waals surface area contributed by atoms with E-state index >= 15 is 0 Å². The molecule has 0 radical (unpaired) electrons. The first-order valence-corrected chi connectivity index (χ1v) is 10.6. The molecule has 0 aromatic heterocycles. The van der Waals surface area contributed by atoms with Crippen molar-refractivity contribution in [2.45, 2.75) is 45.6 Å². The predicted octanol–water partition coefficient (Wildman–Crippen LogP) is 1.30. The average molecular weight is 396 g/mol. The van der Waals surface area contributed by atoms with Gasteiger partial charge in [-0.3, -0.25) is 9.59 Å². The molecule has 1 N–H and O–H groups in total. The molecule has 150 valence electrons. The van der Waals surface area contributed by atoms with E-state index in [-0.39, 0.29) is 30.8 Å². The fraction of sp³-hybridized carbons (Fsp3) is 0.579. The van der Waals surface area contributed by atoms with Crippen LogP contribution in [0, 0.1) is 19.8 Å². The number of nitrogens with one attached hydrogen (secondary N) is 1. The number of rotatable bonds is 5. The maximum Gasteiger partial charge on any atom is 0.245 e. The molecule has 1 aliphatic rings. The summed E-state index contributed by atoms with van der Waals surface area (Å²) < 4.78 is 27.4. The van der Waals surface area contributed by atoms with Gasteiger partial charge < -0.3 is 10.2 Å². The minimum absolute atomic E-state index is 0.0434. The van der Waals surface area contributed by atoms with E-state index < -0.39 is 16.1 Å². The van der Waals surface area contributed by atoms with Crippen LogP contribution in [0.4, 0.5) is 0 Å². The molecular weight excluding hydrogens is 366 g/mol. The number of hydrogen-bond acceptors (Lipinski definition) is 4. The highest BCUT2D eigenvalue weighted by atomic mass is 32.2. The summed E-state index contributed by atoms with van der Waals surface area (Å²) in [6, 6.07) is 4.79. The number of aryl methyl sites for hydroxylation is 2. The first-order chi connectivity index (χ1) is 12.5. The lowest BCUT2D eigenvalue weighted by atomic mass is 10.0. The van der Waals surface area contributed by atoms with Crippen LogP contribution >= 0.6 is 0 Å². The number of carbonyl (C=O) groups is 2. The Balaban J connectivity index is 2.11. The van der Waals surface area contributed by atoms with Gasteiger partial charge in [-0.05, 0) is 37.0 Å². The second-order valence-corrected chi connectivity index (χ2v) is 9.33. The van der Waals surface area contributed by atoms with Crippen molar-refractivity contribution in [1.82, 2.24) is 14.5 Å². The van der Waals surface area contributed by atoms with Crippen LogP contribution in [-0.2, 0) is 19.6 Å². The molecular formula is C19H29N3O4S. The molecule has 1 aliphatic heterocycles. The van der Waals surface area contributed by atoms with E-state index in [9.17, 15) is 18.0 Å². The summed E-state index contributed by atoms with van der Waals surface area (Å²) in [7, 11) is -3.59. The molecule has 8 heteroatoms. The van der Waals surface area contributed by atoms with E-state index in [1.165, 1.54) is 11.2 Å². The van der Waals surface area contributed by atoms with Gasteiger partial charge in [0.15, 0.2) is 0 Å². The van der Waals surface area contributed by atoms with Crippen molar-refractivity contribution in [1.29, 1.82) is 0 Å². The van der Waals surface area contributed by atoms with E-state index in [0.717, 1.165) is 5.56 Å². The molecule has 1 atom stereocenters. The van der Waals surface area contributed by atoms with Gasteiger partial charge in [-0.1, -0.05) is 26.0 Å². The summed E-state index contributed by atoms with van der Waals surface area (Å²) in [6.45, 7) is 9.89. The molecule has 2 amide bonds. The Hall–Kier alpha value is -1.93. The Morgan fingerprint density at radius 1 is 1.07 bits per heavy atom. The maximum atomic E-state index is 13.0. The summed E-state index contributed by atoms with van der Waals surface area (Å²) in [5.41, 5.74) is 1.60. The Morgan fingerprint density at radius 2 is 1.67 bits per heavy atom. The highest BCUT2D eigenvalue weighted by Gasteiger charge is 2.34. The average Bonchev–Trinajstić information content (AvgIpc) is 2.60. The zero-order chi connectivity index (χ0) is 20.4.